The Morgan fingerprint density at radius 3 is 2.03 bits per heavy atom. The molecule has 2 N–H and O–H groups in total. The molecule has 0 saturated heterocycles. The number of hydrogen-bond acceptors (Lipinski definition) is 3. The molecule has 4 aromatic carbocycles. The minimum atomic E-state index is -0.319. The number of carbonyl (C=O) groups is 1. The highest BCUT2D eigenvalue weighted by molar-refractivity contribution is 6.03. The number of halogens is 2. The lowest BCUT2D eigenvalue weighted by Crippen LogP contribution is -2.25. The molecule has 0 spiro atoms. The normalized spacial score (nSPS) is 12.5. The van der Waals surface area contributed by atoms with E-state index in [0.29, 0.717) is 17.9 Å². The Labute approximate surface area is 190 Å². The third-order valence-electron chi connectivity index (χ3n) is 5.58. The van der Waals surface area contributed by atoms with Gasteiger partial charge in [-0.05, 0) is 66.2 Å². The van der Waals surface area contributed by atoms with Crippen molar-refractivity contribution >= 4 is 34.3 Å². The number of benzene rings is 4. The van der Waals surface area contributed by atoms with Crippen LogP contribution in [-0.2, 0) is 17.8 Å². The van der Waals surface area contributed by atoms with Crippen LogP contribution in [0.2, 0.25) is 0 Å². The maximum atomic E-state index is 13.6. The molecular weight excluding hydrogens is 420 g/mol. The lowest BCUT2D eigenvalue weighted by molar-refractivity contribution is -0.117. The summed E-state index contributed by atoms with van der Waals surface area (Å²) >= 11 is 0. The molecule has 1 amide bonds. The number of hydrogen-bond donors (Lipinski definition) is 2. The van der Waals surface area contributed by atoms with E-state index < -0.39 is 0 Å². The van der Waals surface area contributed by atoms with Gasteiger partial charge in [-0.1, -0.05) is 30.3 Å². The van der Waals surface area contributed by atoms with Crippen LogP contribution in [0.5, 0.6) is 0 Å². The summed E-state index contributed by atoms with van der Waals surface area (Å²) in [5, 5.41) is 6.40. The summed E-state index contributed by atoms with van der Waals surface area (Å²) in [6.45, 7) is 0.440. The molecule has 0 atom stereocenters. The van der Waals surface area contributed by atoms with Gasteiger partial charge in [-0.15, -0.1) is 0 Å². The number of anilines is 5. The predicted octanol–water partition coefficient (Wildman–Crippen LogP) is 6.54. The quantitative estimate of drug-likeness (QED) is 0.357. The Balaban J connectivity index is 1.33. The third-order valence-corrected chi connectivity index (χ3v) is 5.58. The van der Waals surface area contributed by atoms with Gasteiger partial charge < -0.3 is 15.5 Å². The highest BCUT2D eigenvalue weighted by Crippen LogP contribution is 2.36. The summed E-state index contributed by atoms with van der Waals surface area (Å²) in [7, 11) is 0. The molecular formula is C27H21F2N3O. The van der Waals surface area contributed by atoms with Crippen LogP contribution in [0.15, 0.2) is 91.0 Å². The number of nitrogens with one attached hydrogen (secondary N) is 2. The number of amides is 1. The van der Waals surface area contributed by atoms with E-state index in [1.807, 2.05) is 42.5 Å². The molecule has 0 aliphatic carbocycles. The van der Waals surface area contributed by atoms with E-state index in [2.05, 4.69) is 10.6 Å². The fourth-order valence-electron chi connectivity index (χ4n) is 4.02. The summed E-state index contributed by atoms with van der Waals surface area (Å²) in [5.74, 6) is -0.602. The molecule has 0 bridgehead atoms. The van der Waals surface area contributed by atoms with Gasteiger partial charge >= 0.3 is 0 Å². The number of carbonyl (C=O) groups excluding carboxylic acids is 1. The van der Waals surface area contributed by atoms with Gasteiger partial charge in [0.2, 0.25) is 5.91 Å². The van der Waals surface area contributed by atoms with E-state index in [1.165, 1.54) is 24.3 Å². The topological polar surface area (TPSA) is 44.4 Å². The second-order valence-electron chi connectivity index (χ2n) is 7.93. The van der Waals surface area contributed by atoms with Gasteiger partial charge in [-0.25, -0.2) is 8.78 Å². The zero-order valence-corrected chi connectivity index (χ0v) is 17.7. The van der Waals surface area contributed by atoms with Crippen molar-refractivity contribution < 1.29 is 13.6 Å². The Hall–Kier alpha value is -4.19. The van der Waals surface area contributed by atoms with Gasteiger partial charge in [-0.3, -0.25) is 4.79 Å². The van der Waals surface area contributed by atoms with Crippen LogP contribution in [0.4, 0.5) is 37.2 Å². The van der Waals surface area contributed by atoms with Gasteiger partial charge in [0, 0.05) is 34.0 Å². The van der Waals surface area contributed by atoms with E-state index in [-0.39, 0.29) is 24.0 Å². The minimum absolute atomic E-state index is 0.0143. The molecule has 0 aromatic heterocycles. The maximum absolute atomic E-state index is 13.6. The van der Waals surface area contributed by atoms with Crippen LogP contribution in [-0.4, -0.2) is 5.91 Å². The van der Waals surface area contributed by atoms with E-state index in [1.54, 1.807) is 29.2 Å². The van der Waals surface area contributed by atoms with Gasteiger partial charge in [0.15, 0.2) is 0 Å². The fourth-order valence-corrected chi connectivity index (χ4v) is 4.02. The molecule has 4 nitrogen and oxygen atoms in total. The molecule has 1 aliphatic heterocycles. The van der Waals surface area contributed by atoms with Gasteiger partial charge in [0.1, 0.15) is 11.6 Å². The van der Waals surface area contributed by atoms with Crippen molar-refractivity contribution in [2.75, 3.05) is 15.5 Å². The van der Waals surface area contributed by atoms with Crippen LogP contribution >= 0.6 is 0 Å². The zero-order valence-electron chi connectivity index (χ0n) is 17.7. The fraction of sp³-hybridized carbons (Fsp3) is 0.0741. The molecule has 0 fully saturated rings. The lowest BCUT2D eigenvalue weighted by atomic mass is 10.1. The number of fused-ring (bicyclic) bond motifs is 1. The molecule has 1 heterocycles. The molecule has 6 heteroatoms. The van der Waals surface area contributed by atoms with Gasteiger partial charge in [0.25, 0.3) is 0 Å². The highest BCUT2D eigenvalue weighted by atomic mass is 19.1. The first-order valence-electron chi connectivity index (χ1n) is 10.6. The number of nitrogens with zero attached hydrogens (tertiary/aromatic N) is 1. The molecule has 164 valence electrons. The second kappa shape index (κ2) is 8.74. The molecule has 5 rings (SSSR count). The van der Waals surface area contributed by atoms with Crippen molar-refractivity contribution in [3.63, 3.8) is 0 Å². The molecule has 4 aromatic rings. The smallest absolute Gasteiger partial charge is 0.231 e. The largest absolute Gasteiger partial charge is 0.355 e. The molecule has 1 aliphatic rings. The van der Waals surface area contributed by atoms with Crippen molar-refractivity contribution in [3.8, 4) is 0 Å². The molecule has 0 unspecified atom stereocenters. The van der Waals surface area contributed by atoms with Crippen molar-refractivity contribution in [2.45, 2.75) is 13.0 Å². The minimum Gasteiger partial charge on any atom is -0.355 e. The second-order valence-corrected chi connectivity index (χ2v) is 7.93. The standard InChI is InChI=1S/C27H21F2N3O/c28-19-4-1-6-22(14-19)30-21-12-10-18(11-13-21)17-32-26-9-3-8-25(24(26)16-27(32)33)31-23-7-2-5-20(29)15-23/h1-15,30-31H,16-17H2. The average Bonchev–Trinajstić information content (AvgIpc) is 3.11. The van der Waals surface area contributed by atoms with E-state index >= 15 is 0 Å². The summed E-state index contributed by atoms with van der Waals surface area (Å²) in [6, 6.07) is 26.0. The third kappa shape index (κ3) is 4.55. The first-order chi connectivity index (χ1) is 16.0. The Bertz CT molecular complexity index is 1320. The summed E-state index contributed by atoms with van der Waals surface area (Å²) < 4.78 is 26.9. The Morgan fingerprint density at radius 2 is 1.36 bits per heavy atom. The number of rotatable bonds is 6. The van der Waals surface area contributed by atoms with Crippen LogP contribution in [0, 0.1) is 11.6 Å². The van der Waals surface area contributed by atoms with Crippen molar-refractivity contribution in [1.29, 1.82) is 0 Å². The van der Waals surface area contributed by atoms with Crippen molar-refractivity contribution in [3.05, 3.63) is 114 Å². The van der Waals surface area contributed by atoms with Crippen LogP contribution in [0.1, 0.15) is 11.1 Å². The first kappa shape index (κ1) is 20.7. The SMILES string of the molecule is O=C1Cc2c(Nc3cccc(F)c3)cccc2N1Cc1ccc(Nc2cccc(F)c2)cc1. The molecule has 0 radical (unpaired) electrons. The highest BCUT2D eigenvalue weighted by Gasteiger charge is 2.29. The van der Waals surface area contributed by atoms with Crippen LogP contribution in [0.25, 0.3) is 0 Å². The first-order valence-corrected chi connectivity index (χ1v) is 10.6. The molecule has 0 saturated carbocycles. The van der Waals surface area contributed by atoms with Gasteiger partial charge in [0.05, 0.1) is 13.0 Å². The van der Waals surface area contributed by atoms with Crippen LogP contribution < -0.4 is 15.5 Å². The monoisotopic (exact) mass is 441 g/mol. The molecule has 33 heavy (non-hydrogen) atoms. The van der Waals surface area contributed by atoms with Gasteiger partial charge in [-0.2, -0.15) is 0 Å². The van der Waals surface area contributed by atoms with E-state index in [4.69, 9.17) is 0 Å². The van der Waals surface area contributed by atoms with Crippen LogP contribution in [0.3, 0.4) is 0 Å². The van der Waals surface area contributed by atoms with Crippen molar-refractivity contribution in [1.82, 2.24) is 0 Å². The summed E-state index contributed by atoms with van der Waals surface area (Å²) in [6.07, 6.45) is 0.285. The Morgan fingerprint density at radius 1 is 0.727 bits per heavy atom. The van der Waals surface area contributed by atoms with Crippen molar-refractivity contribution in [2.24, 2.45) is 0 Å². The van der Waals surface area contributed by atoms with E-state index in [9.17, 15) is 13.6 Å². The predicted molar refractivity (Wildman–Crippen MR) is 127 cm³/mol. The summed E-state index contributed by atoms with van der Waals surface area (Å²) in [5.41, 5.74) is 5.66. The lowest BCUT2D eigenvalue weighted by Gasteiger charge is -2.19. The summed E-state index contributed by atoms with van der Waals surface area (Å²) in [4.78, 5) is 14.6. The van der Waals surface area contributed by atoms with E-state index in [0.717, 1.165) is 28.2 Å². The maximum Gasteiger partial charge on any atom is 0.231 e. The zero-order chi connectivity index (χ0) is 22.8. The Kier molecular flexibility index (Phi) is 5.48. The average molecular weight is 441 g/mol.